The lowest BCUT2D eigenvalue weighted by atomic mass is 10.5. The quantitative estimate of drug-likeness (QED) is 0.833. The second-order valence-electron chi connectivity index (χ2n) is 3.74. The average molecular weight is 248 g/mol. The Labute approximate surface area is 105 Å². The molecule has 0 unspecified atom stereocenters. The summed E-state index contributed by atoms with van der Waals surface area (Å²) in [7, 11) is 1.75. The molecule has 18 heavy (non-hydrogen) atoms. The first-order valence-corrected chi connectivity index (χ1v) is 5.74. The highest BCUT2D eigenvalue weighted by Gasteiger charge is 2.05. The Morgan fingerprint density at radius 3 is 3.00 bits per heavy atom. The molecule has 0 atom stereocenters. The molecule has 0 saturated carbocycles. The van der Waals surface area contributed by atoms with Crippen molar-refractivity contribution in [2.45, 2.75) is 19.9 Å². The number of aromatic nitrogens is 4. The fraction of sp³-hybridized carbons (Fsp3) is 0.364. The molecule has 0 spiro atoms. The van der Waals surface area contributed by atoms with E-state index in [9.17, 15) is 0 Å². The van der Waals surface area contributed by atoms with Crippen LogP contribution in [0.3, 0.4) is 0 Å². The summed E-state index contributed by atoms with van der Waals surface area (Å²) in [4.78, 5) is 7.98. The molecule has 0 radical (unpaired) electrons. The van der Waals surface area contributed by atoms with Crippen LogP contribution in [-0.2, 0) is 6.54 Å². The largest absolute Gasteiger partial charge is 0.435 e. The van der Waals surface area contributed by atoms with Crippen molar-refractivity contribution in [2.24, 2.45) is 0 Å². The molecule has 2 aromatic rings. The molecule has 2 aromatic heterocycles. The number of aryl methyl sites for hydroxylation is 1. The second-order valence-corrected chi connectivity index (χ2v) is 3.74. The minimum atomic E-state index is 0.165. The third-order valence-electron chi connectivity index (χ3n) is 2.26. The first kappa shape index (κ1) is 12.2. The zero-order valence-corrected chi connectivity index (χ0v) is 10.4. The summed E-state index contributed by atoms with van der Waals surface area (Å²) in [5.41, 5.74) is 5.58. The monoisotopic (exact) mass is 248 g/mol. The molecule has 7 nitrogen and oxygen atoms in total. The third-order valence-corrected chi connectivity index (χ3v) is 2.26. The maximum Gasteiger partial charge on any atom is 0.226 e. The van der Waals surface area contributed by atoms with E-state index in [1.54, 1.807) is 19.3 Å². The zero-order chi connectivity index (χ0) is 13.0. The summed E-state index contributed by atoms with van der Waals surface area (Å²) in [5.74, 6) is 1.79. The molecule has 96 valence electrons. The highest BCUT2D eigenvalue weighted by Crippen LogP contribution is 2.21. The highest BCUT2D eigenvalue weighted by molar-refractivity contribution is 5.43. The summed E-state index contributed by atoms with van der Waals surface area (Å²) in [6.45, 7) is 2.95. The molecule has 0 fully saturated rings. The highest BCUT2D eigenvalue weighted by atomic mass is 16.5. The van der Waals surface area contributed by atoms with E-state index in [0.29, 0.717) is 17.4 Å². The van der Waals surface area contributed by atoms with Crippen LogP contribution in [0.5, 0.6) is 11.6 Å². The van der Waals surface area contributed by atoms with Crippen molar-refractivity contribution in [3.05, 3.63) is 18.5 Å². The van der Waals surface area contributed by atoms with Gasteiger partial charge >= 0.3 is 0 Å². The number of hydrogen-bond donors (Lipinski definition) is 2. The van der Waals surface area contributed by atoms with Crippen molar-refractivity contribution in [2.75, 3.05) is 18.1 Å². The Bertz CT molecular complexity index is 524. The summed E-state index contributed by atoms with van der Waals surface area (Å²) < 4.78 is 7.39. The predicted octanol–water partition coefficient (Wildman–Crippen LogP) is 1.50. The van der Waals surface area contributed by atoms with Crippen molar-refractivity contribution in [1.82, 2.24) is 19.7 Å². The Balaban J connectivity index is 2.14. The van der Waals surface area contributed by atoms with Gasteiger partial charge in [-0.25, -0.2) is 0 Å². The molecule has 0 aliphatic heterocycles. The fourth-order valence-corrected chi connectivity index (χ4v) is 1.49. The number of nitrogens with zero attached hydrogens (tertiary/aromatic N) is 4. The minimum Gasteiger partial charge on any atom is -0.435 e. The molecule has 2 heterocycles. The van der Waals surface area contributed by atoms with Crippen LogP contribution in [0.25, 0.3) is 0 Å². The van der Waals surface area contributed by atoms with Crippen LogP contribution in [0.4, 0.5) is 11.8 Å². The third kappa shape index (κ3) is 2.88. The van der Waals surface area contributed by atoms with Crippen LogP contribution in [0.1, 0.15) is 13.3 Å². The van der Waals surface area contributed by atoms with Crippen molar-refractivity contribution in [1.29, 1.82) is 0 Å². The Hall–Kier alpha value is -2.31. The molecule has 7 heteroatoms. The van der Waals surface area contributed by atoms with E-state index < -0.39 is 0 Å². The number of nitrogen functional groups attached to an aromatic ring is 1. The normalized spacial score (nSPS) is 10.3. The van der Waals surface area contributed by atoms with Gasteiger partial charge in [0.1, 0.15) is 5.82 Å². The lowest BCUT2D eigenvalue weighted by Gasteiger charge is -2.05. The Kier molecular flexibility index (Phi) is 3.61. The summed E-state index contributed by atoms with van der Waals surface area (Å²) in [5, 5.41) is 7.06. The van der Waals surface area contributed by atoms with Gasteiger partial charge in [0.05, 0.1) is 12.4 Å². The van der Waals surface area contributed by atoms with E-state index in [4.69, 9.17) is 10.5 Å². The van der Waals surface area contributed by atoms with Crippen molar-refractivity contribution in [3.63, 3.8) is 0 Å². The van der Waals surface area contributed by atoms with Gasteiger partial charge in [0.2, 0.25) is 11.8 Å². The molecule has 0 amide bonds. The Morgan fingerprint density at radius 2 is 2.28 bits per heavy atom. The van der Waals surface area contributed by atoms with E-state index in [0.717, 1.165) is 13.0 Å². The SMILES string of the molecule is CCCn1cc(Oc2cc(NC)nc(N)n2)cn1. The van der Waals surface area contributed by atoms with Gasteiger partial charge in [0.15, 0.2) is 5.75 Å². The molecule has 2 rings (SSSR count). The molecule has 3 N–H and O–H groups in total. The van der Waals surface area contributed by atoms with Gasteiger partial charge in [0, 0.05) is 19.7 Å². The number of ether oxygens (including phenoxy) is 1. The van der Waals surface area contributed by atoms with Gasteiger partial charge in [-0.15, -0.1) is 0 Å². The Morgan fingerprint density at radius 1 is 1.44 bits per heavy atom. The minimum absolute atomic E-state index is 0.165. The van der Waals surface area contributed by atoms with Crippen LogP contribution in [0.2, 0.25) is 0 Å². The molecule has 0 aromatic carbocycles. The summed E-state index contributed by atoms with van der Waals surface area (Å²) >= 11 is 0. The van der Waals surface area contributed by atoms with Crippen molar-refractivity contribution < 1.29 is 4.74 Å². The van der Waals surface area contributed by atoms with Gasteiger partial charge < -0.3 is 15.8 Å². The first-order chi connectivity index (χ1) is 8.71. The molecule has 0 bridgehead atoms. The molecular weight excluding hydrogens is 232 g/mol. The number of nitrogens with one attached hydrogen (secondary N) is 1. The van der Waals surface area contributed by atoms with E-state index >= 15 is 0 Å². The first-order valence-electron chi connectivity index (χ1n) is 5.74. The predicted molar refractivity (Wildman–Crippen MR) is 68.6 cm³/mol. The molecular formula is C11H16N6O. The van der Waals surface area contributed by atoms with Crippen LogP contribution in [-0.4, -0.2) is 26.8 Å². The van der Waals surface area contributed by atoms with Gasteiger partial charge in [0.25, 0.3) is 0 Å². The smallest absolute Gasteiger partial charge is 0.226 e. The van der Waals surface area contributed by atoms with E-state index in [1.807, 2.05) is 10.9 Å². The molecule has 0 saturated heterocycles. The number of anilines is 2. The molecule has 0 aliphatic carbocycles. The topological polar surface area (TPSA) is 90.9 Å². The van der Waals surface area contributed by atoms with Crippen molar-refractivity contribution in [3.8, 4) is 11.6 Å². The lowest BCUT2D eigenvalue weighted by molar-refractivity contribution is 0.461. The van der Waals surface area contributed by atoms with Gasteiger partial charge in [-0.2, -0.15) is 15.1 Å². The fourth-order valence-electron chi connectivity index (χ4n) is 1.49. The lowest BCUT2D eigenvalue weighted by Crippen LogP contribution is -2.01. The van der Waals surface area contributed by atoms with Gasteiger partial charge in [-0.1, -0.05) is 6.92 Å². The maximum atomic E-state index is 5.58. The van der Waals surface area contributed by atoms with E-state index in [-0.39, 0.29) is 5.95 Å². The average Bonchev–Trinajstić information content (AvgIpc) is 2.76. The van der Waals surface area contributed by atoms with Gasteiger partial charge in [-0.05, 0) is 6.42 Å². The van der Waals surface area contributed by atoms with Crippen molar-refractivity contribution >= 4 is 11.8 Å². The van der Waals surface area contributed by atoms with E-state index in [1.165, 1.54) is 0 Å². The standard InChI is InChI=1S/C11H16N6O/c1-3-4-17-7-8(6-14-17)18-10-5-9(13-2)15-11(12)16-10/h5-7H,3-4H2,1-2H3,(H3,12,13,15,16). The van der Waals surface area contributed by atoms with Crippen LogP contribution in [0.15, 0.2) is 18.5 Å². The number of nitrogens with two attached hydrogens (primary N) is 1. The van der Waals surface area contributed by atoms with E-state index in [2.05, 4.69) is 27.3 Å². The van der Waals surface area contributed by atoms with Crippen LogP contribution < -0.4 is 15.8 Å². The van der Waals surface area contributed by atoms with Gasteiger partial charge in [-0.3, -0.25) is 4.68 Å². The molecule has 0 aliphatic rings. The zero-order valence-electron chi connectivity index (χ0n) is 10.4. The summed E-state index contributed by atoms with van der Waals surface area (Å²) in [6.07, 6.45) is 4.49. The number of rotatable bonds is 5. The summed E-state index contributed by atoms with van der Waals surface area (Å²) in [6, 6.07) is 1.67. The van der Waals surface area contributed by atoms with Crippen LogP contribution >= 0.6 is 0 Å². The maximum absolute atomic E-state index is 5.58. The van der Waals surface area contributed by atoms with Crippen LogP contribution in [0, 0.1) is 0 Å². The number of hydrogen-bond acceptors (Lipinski definition) is 6. The second kappa shape index (κ2) is 5.35.